The largest absolute Gasteiger partial charge is 0.494 e. The molecule has 0 bridgehead atoms. The van der Waals surface area contributed by atoms with Gasteiger partial charge in [-0.2, -0.15) is 0 Å². The second kappa shape index (κ2) is 12.3. The third-order valence-electron chi connectivity index (χ3n) is 6.48. The van der Waals surface area contributed by atoms with Gasteiger partial charge in [-0.05, 0) is 59.2 Å². The van der Waals surface area contributed by atoms with Crippen LogP contribution in [-0.2, 0) is 16.4 Å². The summed E-state index contributed by atoms with van der Waals surface area (Å²) >= 11 is 3.31. The van der Waals surface area contributed by atoms with Gasteiger partial charge in [-0.25, -0.2) is 17.1 Å². The number of furan rings is 1. The maximum absolute atomic E-state index is 14.4. The van der Waals surface area contributed by atoms with Crippen LogP contribution in [0.2, 0.25) is 25.7 Å². The predicted molar refractivity (Wildman–Crippen MR) is 162 cm³/mol. The minimum Gasteiger partial charge on any atom is -0.494 e. The van der Waals surface area contributed by atoms with E-state index in [9.17, 15) is 12.8 Å². The Hall–Kier alpha value is -3.23. The van der Waals surface area contributed by atoms with Gasteiger partial charge in [0.05, 0.1) is 37.6 Å². The van der Waals surface area contributed by atoms with Gasteiger partial charge in [0.2, 0.25) is 21.8 Å². The van der Waals surface area contributed by atoms with Gasteiger partial charge in [-0.1, -0.05) is 25.7 Å². The lowest BCUT2D eigenvalue weighted by Crippen LogP contribution is -2.42. The first kappa shape index (κ1) is 30.7. The summed E-state index contributed by atoms with van der Waals surface area (Å²) in [5, 5.41) is 7.86. The van der Waals surface area contributed by atoms with Crippen LogP contribution in [0.3, 0.4) is 0 Å². The summed E-state index contributed by atoms with van der Waals surface area (Å²) in [6.07, 6.45) is 2.62. The number of ether oxygens (including phenoxy) is 2. The smallest absolute Gasteiger partial charge is 0.246 e. The monoisotopic (exact) mass is 665 g/mol. The molecule has 14 heteroatoms. The average molecular weight is 667 g/mol. The van der Waals surface area contributed by atoms with E-state index in [0.29, 0.717) is 39.2 Å². The lowest BCUT2D eigenvalue weighted by molar-refractivity contribution is 0.391. The Kier molecular flexibility index (Phi) is 9.24. The Balaban J connectivity index is 1.92. The Labute approximate surface area is 248 Å². The first-order valence-corrected chi connectivity index (χ1v) is 18.9. The minimum atomic E-state index is -4.06. The fraction of sp³-hybridized carbons (Fsp3) is 0.370. The Morgan fingerprint density at radius 2 is 1.80 bits per heavy atom. The maximum atomic E-state index is 14.4. The standard InChI is InChI=1S/C27H33BrFN5O5SSi/c1-18(15-21-20(28)16-19(29)17-30-21)40(35,36)33(12-14-41(4,5)6)27-32-31-26(24-11-8-13-39-24)34(27)25-22(37-2)9-7-10-23(25)38-3/h7-11,13,16-18H,12,14-15H2,1-6H3/t18-/m1/s1. The summed E-state index contributed by atoms with van der Waals surface area (Å²) < 4.78 is 62.7. The van der Waals surface area contributed by atoms with Gasteiger partial charge in [-0.15, -0.1) is 10.2 Å². The molecule has 0 saturated heterocycles. The summed E-state index contributed by atoms with van der Waals surface area (Å²) in [5.74, 6) is 1.05. The van der Waals surface area contributed by atoms with E-state index in [1.165, 1.54) is 30.9 Å². The zero-order valence-electron chi connectivity index (χ0n) is 23.8. The summed E-state index contributed by atoms with van der Waals surface area (Å²) in [6, 6.07) is 10.6. The summed E-state index contributed by atoms with van der Waals surface area (Å²) in [7, 11) is -2.75. The van der Waals surface area contributed by atoms with E-state index in [1.54, 1.807) is 41.8 Å². The van der Waals surface area contributed by atoms with Crippen LogP contribution in [0, 0.1) is 5.82 Å². The number of halogens is 2. The molecular formula is C27H33BrFN5O5SSi. The molecule has 3 aromatic heterocycles. The Morgan fingerprint density at radius 3 is 2.37 bits per heavy atom. The van der Waals surface area contributed by atoms with Crippen molar-refractivity contribution in [1.82, 2.24) is 19.7 Å². The van der Waals surface area contributed by atoms with Crippen LogP contribution in [0.25, 0.3) is 17.3 Å². The number of sulfonamides is 1. The number of rotatable bonds is 12. The number of anilines is 1. The van der Waals surface area contributed by atoms with E-state index in [1.807, 2.05) is 0 Å². The van der Waals surface area contributed by atoms with Crippen LogP contribution >= 0.6 is 15.9 Å². The van der Waals surface area contributed by atoms with Crippen molar-refractivity contribution < 1.29 is 26.7 Å². The molecule has 220 valence electrons. The average Bonchev–Trinajstić information content (AvgIpc) is 3.59. The van der Waals surface area contributed by atoms with Crippen molar-refractivity contribution in [1.29, 1.82) is 0 Å². The molecule has 0 radical (unpaired) electrons. The molecular weight excluding hydrogens is 633 g/mol. The zero-order valence-corrected chi connectivity index (χ0v) is 27.2. The van der Waals surface area contributed by atoms with E-state index in [2.05, 4.69) is 50.8 Å². The second-order valence-corrected chi connectivity index (χ2v) is 19.4. The summed E-state index contributed by atoms with van der Waals surface area (Å²) in [6.45, 7) is 8.29. The first-order valence-electron chi connectivity index (χ1n) is 12.9. The minimum absolute atomic E-state index is 0.0454. The van der Waals surface area contributed by atoms with Gasteiger partial charge in [0.1, 0.15) is 23.0 Å². The molecule has 1 atom stereocenters. The third-order valence-corrected chi connectivity index (χ3v) is 11.0. The molecule has 0 aliphatic heterocycles. The van der Waals surface area contributed by atoms with Gasteiger partial charge in [-0.3, -0.25) is 9.55 Å². The topological polar surface area (TPSA) is 113 Å². The van der Waals surface area contributed by atoms with Crippen molar-refractivity contribution in [3.63, 3.8) is 0 Å². The van der Waals surface area contributed by atoms with Gasteiger partial charge in [0.25, 0.3) is 0 Å². The molecule has 1 aromatic carbocycles. The van der Waals surface area contributed by atoms with Crippen LogP contribution in [0.4, 0.5) is 10.3 Å². The van der Waals surface area contributed by atoms with Crippen LogP contribution in [-0.4, -0.2) is 62.3 Å². The second-order valence-electron chi connectivity index (χ2n) is 10.7. The van der Waals surface area contributed by atoms with Crippen molar-refractivity contribution in [2.45, 2.75) is 44.3 Å². The van der Waals surface area contributed by atoms with Crippen LogP contribution in [0.5, 0.6) is 11.5 Å². The van der Waals surface area contributed by atoms with Crippen LogP contribution in [0.1, 0.15) is 12.6 Å². The lowest BCUT2D eigenvalue weighted by Gasteiger charge is -2.29. The Bertz CT molecular complexity index is 1590. The van der Waals surface area contributed by atoms with E-state index in [4.69, 9.17) is 13.9 Å². The zero-order chi connectivity index (χ0) is 29.9. The third kappa shape index (κ3) is 6.65. The van der Waals surface area contributed by atoms with Crippen molar-refractivity contribution in [2.24, 2.45) is 0 Å². The molecule has 4 rings (SSSR count). The first-order chi connectivity index (χ1) is 19.4. The molecule has 0 aliphatic carbocycles. The molecule has 3 heterocycles. The molecule has 41 heavy (non-hydrogen) atoms. The van der Waals surface area contributed by atoms with Crippen LogP contribution < -0.4 is 13.8 Å². The van der Waals surface area contributed by atoms with Crippen molar-refractivity contribution in [2.75, 3.05) is 25.1 Å². The van der Waals surface area contributed by atoms with Crippen molar-refractivity contribution in [3.8, 4) is 28.8 Å². The van der Waals surface area contributed by atoms with E-state index in [-0.39, 0.29) is 24.7 Å². The normalized spacial score (nSPS) is 12.8. The number of pyridine rings is 1. The lowest BCUT2D eigenvalue weighted by atomic mass is 10.2. The number of methoxy groups -OCH3 is 2. The molecule has 0 fully saturated rings. The fourth-order valence-electron chi connectivity index (χ4n) is 4.23. The molecule has 0 aliphatic rings. The highest BCUT2D eigenvalue weighted by molar-refractivity contribution is 9.10. The molecule has 0 spiro atoms. The molecule has 10 nitrogen and oxygen atoms in total. The number of benzene rings is 1. The summed E-state index contributed by atoms with van der Waals surface area (Å²) in [4.78, 5) is 4.12. The number of aromatic nitrogens is 4. The SMILES string of the molecule is COc1cccc(OC)c1-n1c(-c2ccco2)nnc1N(CC[Si](C)(C)C)S(=O)(=O)[C@H](C)Cc1ncc(F)cc1Br. The van der Waals surface area contributed by atoms with Crippen molar-refractivity contribution >= 4 is 40.0 Å². The quantitative estimate of drug-likeness (QED) is 0.171. The highest BCUT2D eigenvalue weighted by atomic mass is 79.9. The van der Waals surface area contributed by atoms with Crippen LogP contribution in [0.15, 0.2) is 57.7 Å². The van der Waals surface area contributed by atoms with Gasteiger partial charge in [0, 0.05) is 25.5 Å². The van der Waals surface area contributed by atoms with E-state index < -0.39 is 29.2 Å². The highest BCUT2D eigenvalue weighted by Gasteiger charge is 2.37. The number of hydrogen-bond donors (Lipinski definition) is 0. The van der Waals surface area contributed by atoms with Gasteiger partial charge < -0.3 is 13.9 Å². The molecule has 0 unspecified atom stereocenters. The molecule has 0 saturated carbocycles. The predicted octanol–water partition coefficient (Wildman–Crippen LogP) is 5.95. The van der Waals surface area contributed by atoms with Gasteiger partial charge >= 0.3 is 0 Å². The number of para-hydroxylation sites is 1. The highest BCUT2D eigenvalue weighted by Crippen LogP contribution is 2.39. The van der Waals surface area contributed by atoms with E-state index >= 15 is 0 Å². The Morgan fingerprint density at radius 1 is 1.12 bits per heavy atom. The number of nitrogens with zero attached hydrogens (tertiary/aromatic N) is 5. The summed E-state index contributed by atoms with van der Waals surface area (Å²) in [5.41, 5.74) is 0.851. The molecule has 0 amide bonds. The fourth-order valence-corrected chi connectivity index (χ4v) is 7.26. The van der Waals surface area contributed by atoms with E-state index in [0.717, 1.165) is 6.20 Å². The van der Waals surface area contributed by atoms with Crippen molar-refractivity contribution in [3.05, 3.63) is 64.8 Å². The van der Waals surface area contributed by atoms with Gasteiger partial charge in [0.15, 0.2) is 5.76 Å². The molecule has 0 N–H and O–H groups in total. The maximum Gasteiger partial charge on any atom is 0.246 e. The number of hydrogen-bond acceptors (Lipinski definition) is 8. The molecule has 4 aromatic rings.